The van der Waals surface area contributed by atoms with Crippen molar-refractivity contribution in [1.29, 1.82) is 0 Å². The molecule has 8 nitrogen and oxygen atoms in total. The molecule has 170 valence electrons. The minimum absolute atomic E-state index is 0. The van der Waals surface area contributed by atoms with Gasteiger partial charge >= 0.3 is 15.5 Å². The fourth-order valence-electron chi connectivity index (χ4n) is 3.29. The Morgan fingerprint density at radius 2 is 1.72 bits per heavy atom. The van der Waals surface area contributed by atoms with Gasteiger partial charge in [-0.25, -0.2) is 8.42 Å². The quantitative estimate of drug-likeness (QED) is 0.295. The van der Waals surface area contributed by atoms with Crippen LogP contribution in [0, 0.1) is 0 Å². The number of rotatable bonds is 6. The van der Waals surface area contributed by atoms with Crippen molar-refractivity contribution in [1.82, 2.24) is 19.8 Å². The zero-order valence-corrected chi connectivity index (χ0v) is 19.5. The van der Waals surface area contributed by atoms with Crippen molar-refractivity contribution < 1.29 is 26.4 Å². The van der Waals surface area contributed by atoms with E-state index in [9.17, 15) is 26.4 Å². The van der Waals surface area contributed by atoms with Gasteiger partial charge in [0, 0.05) is 45.2 Å². The summed E-state index contributed by atoms with van der Waals surface area (Å²) in [5.74, 6) is 0.552. The first-order valence-electron chi connectivity index (χ1n) is 9.54. The maximum atomic E-state index is 12.6. The average Bonchev–Trinajstić information content (AvgIpc) is 3.16. The molecule has 13 heteroatoms. The summed E-state index contributed by atoms with van der Waals surface area (Å²) in [4.78, 5) is 18.2. The van der Waals surface area contributed by atoms with E-state index < -0.39 is 15.5 Å². The number of amides is 1. The van der Waals surface area contributed by atoms with Gasteiger partial charge in [-0.15, -0.1) is 24.0 Å². The fourth-order valence-corrected chi connectivity index (χ4v) is 4.27. The monoisotopic (exact) mass is 555 g/mol. The number of piperidine rings is 1. The van der Waals surface area contributed by atoms with Crippen molar-refractivity contribution >= 4 is 45.9 Å². The van der Waals surface area contributed by atoms with Crippen molar-refractivity contribution in [3.8, 4) is 0 Å². The van der Waals surface area contributed by atoms with E-state index in [1.807, 2.05) is 11.8 Å². The molecule has 2 N–H and O–H groups in total. The number of nitrogens with one attached hydrogen (secondary N) is 2. The molecule has 0 aromatic heterocycles. The summed E-state index contributed by atoms with van der Waals surface area (Å²) in [5.41, 5.74) is -5.27. The summed E-state index contributed by atoms with van der Waals surface area (Å²) in [6.45, 7) is 3.96. The highest BCUT2D eigenvalue weighted by Crippen LogP contribution is 2.28. The summed E-state index contributed by atoms with van der Waals surface area (Å²) in [6.07, 6.45) is 2.85. The molecular weight excluding hydrogens is 526 g/mol. The molecule has 1 amide bonds. The maximum Gasteiger partial charge on any atom is 0.511 e. The normalized spacial score (nSPS) is 19.7. The second-order valence-corrected chi connectivity index (χ2v) is 8.80. The third-order valence-electron chi connectivity index (χ3n) is 4.83. The van der Waals surface area contributed by atoms with Gasteiger partial charge in [0.15, 0.2) is 5.96 Å². The van der Waals surface area contributed by atoms with Crippen molar-refractivity contribution in [2.75, 3.05) is 39.3 Å². The maximum absolute atomic E-state index is 12.6. The lowest BCUT2D eigenvalue weighted by Crippen LogP contribution is -2.51. The molecule has 2 rings (SSSR count). The number of carbonyl (C=O) groups excluding carboxylic acids is 1. The molecule has 0 spiro atoms. The molecule has 0 radical (unpaired) electrons. The van der Waals surface area contributed by atoms with E-state index in [1.165, 1.54) is 0 Å². The molecule has 0 saturated carbocycles. The van der Waals surface area contributed by atoms with Crippen LogP contribution in [-0.4, -0.2) is 80.3 Å². The van der Waals surface area contributed by atoms with Gasteiger partial charge in [0.05, 0.1) is 6.54 Å². The minimum atomic E-state index is -5.28. The van der Waals surface area contributed by atoms with Gasteiger partial charge in [0.25, 0.3) is 0 Å². The first-order valence-corrected chi connectivity index (χ1v) is 11.0. The molecular formula is C16H29F3IN5O3S. The van der Waals surface area contributed by atoms with Crippen LogP contribution in [0.5, 0.6) is 0 Å². The highest BCUT2D eigenvalue weighted by molar-refractivity contribution is 14.0. The lowest BCUT2D eigenvalue weighted by Gasteiger charge is -2.32. The molecule has 0 aromatic rings. The van der Waals surface area contributed by atoms with E-state index in [0.717, 1.165) is 25.9 Å². The number of aliphatic imine (C=N–C) groups is 1. The molecule has 2 saturated heterocycles. The van der Waals surface area contributed by atoms with E-state index >= 15 is 0 Å². The van der Waals surface area contributed by atoms with E-state index in [2.05, 4.69) is 15.6 Å². The van der Waals surface area contributed by atoms with Gasteiger partial charge in [-0.1, -0.05) is 0 Å². The van der Waals surface area contributed by atoms with E-state index in [4.69, 9.17) is 0 Å². The van der Waals surface area contributed by atoms with Gasteiger partial charge in [-0.05, 0) is 32.6 Å². The zero-order valence-electron chi connectivity index (χ0n) is 16.4. The molecule has 2 fully saturated rings. The van der Waals surface area contributed by atoms with Gasteiger partial charge in [0.2, 0.25) is 5.91 Å². The lowest BCUT2D eigenvalue weighted by molar-refractivity contribution is -0.129. The first-order chi connectivity index (χ1) is 13.1. The molecule has 2 aliphatic heterocycles. The Balaban J connectivity index is 0.00000420. The van der Waals surface area contributed by atoms with Crippen LogP contribution in [0.4, 0.5) is 13.2 Å². The fraction of sp³-hybridized carbons (Fsp3) is 0.875. The Morgan fingerprint density at radius 1 is 1.14 bits per heavy atom. The molecule has 0 aromatic carbocycles. The van der Waals surface area contributed by atoms with Crippen LogP contribution >= 0.6 is 24.0 Å². The average molecular weight is 555 g/mol. The zero-order chi connectivity index (χ0) is 20.8. The van der Waals surface area contributed by atoms with Crippen molar-refractivity contribution in [2.45, 2.75) is 50.6 Å². The SMILES string of the molecule is CCNC(=NCCC(=O)N1CCCC1)NC1CCN(S(=O)(=O)C(F)(F)F)CC1.I. The van der Waals surface area contributed by atoms with Gasteiger partial charge in [-0.2, -0.15) is 17.5 Å². The van der Waals surface area contributed by atoms with E-state index in [0.29, 0.717) is 29.8 Å². The Kier molecular flexibility index (Phi) is 10.4. The summed E-state index contributed by atoms with van der Waals surface area (Å²) >= 11 is 0. The number of carbonyl (C=O) groups is 1. The predicted molar refractivity (Wildman–Crippen MR) is 115 cm³/mol. The van der Waals surface area contributed by atoms with E-state index in [-0.39, 0.29) is 61.9 Å². The van der Waals surface area contributed by atoms with Crippen molar-refractivity contribution in [3.63, 3.8) is 0 Å². The van der Waals surface area contributed by atoms with Crippen LogP contribution in [0.25, 0.3) is 0 Å². The Hall–Kier alpha value is -0.830. The van der Waals surface area contributed by atoms with Crippen LogP contribution in [0.3, 0.4) is 0 Å². The number of halogens is 4. The number of likely N-dealkylation sites (tertiary alicyclic amines) is 1. The highest BCUT2D eigenvalue weighted by atomic mass is 127. The second kappa shape index (κ2) is 11.5. The molecule has 0 atom stereocenters. The summed E-state index contributed by atoms with van der Waals surface area (Å²) < 4.78 is 61.3. The smallest absolute Gasteiger partial charge is 0.357 e. The third-order valence-corrected chi connectivity index (χ3v) is 6.46. The number of nitrogens with zero attached hydrogens (tertiary/aromatic N) is 3. The largest absolute Gasteiger partial charge is 0.511 e. The molecule has 0 bridgehead atoms. The Bertz CT molecular complexity index is 661. The standard InChI is InChI=1S/C16H28F3N5O3S.HI/c1-2-20-15(21-8-5-14(25)23-9-3-4-10-23)22-13-6-11-24(12-7-13)28(26,27)16(17,18)19;/h13H,2-12H2,1H3,(H2,20,21,22);1H. The molecule has 2 aliphatic rings. The molecule has 0 aliphatic carbocycles. The van der Waals surface area contributed by atoms with E-state index in [1.54, 1.807) is 0 Å². The van der Waals surface area contributed by atoms with Crippen LogP contribution in [0.1, 0.15) is 39.0 Å². The molecule has 0 unspecified atom stereocenters. The third kappa shape index (κ3) is 7.42. The summed E-state index contributed by atoms with van der Waals surface area (Å²) in [5, 5.41) is 6.16. The van der Waals surface area contributed by atoms with Crippen LogP contribution in [0.2, 0.25) is 0 Å². The van der Waals surface area contributed by atoms with Crippen molar-refractivity contribution in [3.05, 3.63) is 0 Å². The predicted octanol–water partition coefficient (Wildman–Crippen LogP) is 1.49. The summed E-state index contributed by atoms with van der Waals surface area (Å²) in [6, 6.07) is -0.188. The van der Waals surface area contributed by atoms with Gasteiger partial charge in [0.1, 0.15) is 0 Å². The van der Waals surface area contributed by atoms with Crippen molar-refractivity contribution in [2.24, 2.45) is 4.99 Å². The van der Waals surface area contributed by atoms with Crippen LogP contribution in [-0.2, 0) is 14.8 Å². The van der Waals surface area contributed by atoms with Gasteiger partial charge < -0.3 is 15.5 Å². The Morgan fingerprint density at radius 3 is 2.24 bits per heavy atom. The first kappa shape index (κ1) is 26.2. The number of hydrogen-bond acceptors (Lipinski definition) is 4. The number of guanidine groups is 1. The van der Waals surface area contributed by atoms with Crippen LogP contribution < -0.4 is 10.6 Å². The topological polar surface area (TPSA) is 94.1 Å². The number of sulfonamides is 1. The lowest BCUT2D eigenvalue weighted by atomic mass is 10.1. The Labute approximate surface area is 186 Å². The minimum Gasteiger partial charge on any atom is -0.357 e. The molecule has 29 heavy (non-hydrogen) atoms. The summed E-state index contributed by atoms with van der Waals surface area (Å²) in [7, 11) is -5.28. The number of hydrogen-bond donors (Lipinski definition) is 2. The van der Waals surface area contributed by atoms with Crippen LogP contribution in [0.15, 0.2) is 4.99 Å². The molecule has 2 heterocycles. The number of alkyl halides is 3. The highest BCUT2D eigenvalue weighted by Gasteiger charge is 2.50. The van der Waals surface area contributed by atoms with Gasteiger partial charge in [-0.3, -0.25) is 9.79 Å². The second-order valence-electron chi connectivity index (χ2n) is 6.87.